The zero-order chi connectivity index (χ0) is 26.3. The van der Waals surface area contributed by atoms with Gasteiger partial charge in [-0.25, -0.2) is 9.50 Å². The fourth-order valence-electron chi connectivity index (χ4n) is 4.08. The topological polar surface area (TPSA) is 77.1 Å². The van der Waals surface area contributed by atoms with Gasteiger partial charge in [0.15, 0.2) is 17.0 Å². The molecule has 190 valence electrons. The van der Waals surface area contributed by atoms with Gasteiger partial charge in [0.05, 0.1) is 34.2 Å². The van der Waals surface area contributed by atoms with Crippen molar-refractivity contribution < 1.29 is 18.0 Å². The highest BCUT2D eigenvalue weighted by atomic mass is 32.1. The first-order valence-electron chi connectivity index (χ1n) is 11.6. The van der Waals surface area contributed by atoms with Crippen LogP contribution in [0.25, 0.3) is 16.2 Å². The number of alkyl halides is 3. The number of hydrogen-bond acceptors (Lipinski definition) is 5. The summed E-state index contributed by atoms with van der Waals surface area (Å²) in [5, 5.41) is 11.2. The number of aryl methyl sites for hydroxylation is 2. The number of halogens is 3. The van der Waals surface area contributed by atoms with Crippen LogP contribution in [-0.4, -0.2) is 30.3 Å². The van der Waals surface area contributed by atoms with Crippen LogP contribution in [0.5, 0.6) is 0 Å². The van der Waals surface area contributed by atoms with Crippen LogP contribution < -0.4 is 5.32 Å². The number of thiophene rings is 1. The number of benzene rings is 1. The third-order valence-electron chi connectivity index (χ3n) is 6.01. The van der Waals surface area contributed by atoms with Crippen molar-refractivity contribution in [3.8, 4) is 10.6 Å². The molecular weight excluding hydrogens is 501 g/mol. The molecule has 11 heteroatoms. The molecule has 1 N–H and O–H groups in total. The second-order valence-electron chi connectivity index (χ2n) is 8.59. The summed E-state index contributed by atoms with van der Waals surface area (Å²) >= 11 is 1.39. The van der Waals surface area contributed by atoms with E-state index in [2.05, 4.69) is 20.5 Å². The lowest BCUT2D eigenvalue weighted by atomic mass is 10.2. The van der Waals surface area contributed by atoms with Crippen LogP contribution in [-0.2, 0) is 19.1 Å². The third-order valence-corrected chi connectivity index (χ3v) is 7.26. The molecule has 1 amide bonds. The maximum atomic E-state index is 13.9. The largest absolute Gasteiger partial charge is 0.433 e. The van der Waals surface area contributed by atoms with E-state index in [1.54, 1.807) is 17.7 Å². The van der Waals surface area contributed by atoms with Gasteiger partial charge in [-0.15, -0.1) is 11.3 Å². The van der Waals surface area contributed by atoms with Gasteiger partial charge in [0.25, 0.3) is 5.91 Å². The highest BCUT2D eigenvalue weighted by Gasteiger charge is 2.36. The average Bonchev–Trinajstić information content (AvgIpc) is 3.58. The van der Waals surface area contributed by atoms with Crippen LogP contribution in [0.2, 0.25) is 0 Å². The third kappa shape index (κ3) is 4.86. The summed E-state index contributed by atoms with van der Waals surface area (Å²) in [5.41, 5.74) is 1.80. The number of anilines is 1. The smallest absolute Gasteiger partial charge is 0.317 e. The molecule has 1 aromatic carbocycles. The predicted octanol–water partition coefficient (Wildman–Crippen LogP) is 6.15. The van der Waals surface area contributed by atoms with E-state index in [-0.39, 0.29) is 17.0 Å². The minimum absolute atomic E-state index is 0.0605. The Labute approximate surface area is 214 Å². The van der Waals surface area contributed by atoms with E-state index in [1.807, 2.05) is 50.2 Å². The van der Waals surface area contributed by atoms with Crippen molar-refractivity contribution >= 4 is 28.6 Å². The van der Waals surface area contributed by atoms with Crippen LogP contribution >= 0.6 is 11.3 Å². The maximum Gasteiger partial charge on any atom is 0.433 e. The molecule has 0 aliphatic heterocycles. The van der Waals surface area contributed by atoms with Crippen LogP contribution in [0.1, 0.15) is 44.9 Å². The molecule has 0 saturated heterocycles. The van der Waals surface area contributed by atoms with Gasteiger partial charge in [-0.05, 0) is 44.0 Å². The minimum Gasteiger partial charge on any atom is -0.317 e. The number of fused-ring (bicyclic) bond motifs is 1. The quantitative estimate of drug-likeness (QED) is 0.289. The summed E-state index contributed by atoms with van der Waals surface area (Å²) in [4.78, 5) is 19.1. The number of aromatic nitrogens is 5. The summed E-state index contributed by atoms with van der Waals surface area (Å²) in [6.45, 7) is 6.07. The number of nitrogens with zero attached hydrogens (tertiary/aromatic N) is 5. The standard InChI is InChI=1S/C26H23F3N6OS/c1-4-18-10-11-21(37-18)19-12-22(26(27,28)29)35-23(30-19)13-20(33-35)25(36)31-24-15(2)32-34(16(24)3)14-17-8-6-5-7-9-17/h5-13H,4,14H2,1-3H3,(H,31,36). The molecule has 4 heterocycles. The summed E-state index contributed by atoms with van der Waals surface area (Å²) < 4.78 is 44.2. The molecular formula is C26H23F3N6OS. The summed E-state index contributed by atoms with van der Waals surface area (Å²) in [5.74, 6) is -0.643. The highest BCUT2D eigenvalue weighted by Crippen LogP contribution is 2.34. The first kappa shape index (κ1) is 24.7. The number of carbonyl (C=O) groups excluding carboxylic acids is 1. The van der Waals surface area contributed by atoms with Crippen LogP contribution in [0, 0.1) is 13.8 Å². The van der Waals surface area contributed by atoms with Gasteiger partial charge in [-0.2, -0.15) is 23.4 Å². The maximum absolute atomic E-state index is 13.9. The summed E-state index contributed by atoms with van der Waals surface area (Å²) in [7, 11) is 0. The summed E-state index contributed by atoms with van der Waals surface area (Å²) in [6, 6.07) is 15.6. The van der Waals surface area contributed by atoms with Gasteiger partial charge >= 0.3 is 6.18 Å². The van der Waals surface area contributed by atoms with E-state index in [1.165, 1.54) is 17.4 Å². The van der Waals surface area contributed by atoms with E-state index in [0.29, 0.717) is 27.3 Å². The van der Waals surface area contributed by atoms with E-state index >= 15 is 0 Å². The number of amides is 1. The second kappa shape index (κ2) is 9.47. The molecule has 37 heavy (non-hydrogen) atoms. The molecule has 0 saturated carbocycles. The first-order chi connectivity index (χ1) is 17.6. The van der Waals surface area contributed by atoms with Crippen LogP contribution in [0.4, 0.5) is 18.9 Å². The molecule has 5 aromatic rings. The molecule has 0 aliphatic rings. The minimum atomic E-state index is -4.69. The number of hydrogen-bond donors (Lipinski definition) is 1. The molecule has 7 nitrogen and oxygen atoms in total. The highest BCUT2D eigenvalue weighted by molar-refractivity contribution is 7.15. The lowest BCUT2D eigenvalue weighted by Gasteiger charge is -2.10. The lowest BCUT2D eigenvalue weighted by Crippen LogP contribution is -2.16. The Morgan fingerprint density at radius 3 is 2.49 bits per heavy atom. The van der Waals surface area contributed by atoms with Crippen molar-refractivity contribution in [3.63, 3.8) is 0 Å². The van der Waals surface area contributed by atoms with Crippen molar-refractivity contribution in [2.24, 2.45) is 0 Å². The van der Waals surface area contributed by atoms with Crippen molar-refractivity contribution in [3.05, 3.63) is 87.8 Å². The van der Waals surface area contributed by atoms with Gasteiger partial charge in [0, 0.05) is 10.9 Å². The van der Waals surface area contributed by atoms with Crippen LogP contribution in [0.3, 0.4) is 0 Å². The van der Waals surface area contributed by atoms with Gasteiger partial charge in [0.2, 0.25) is 0 Å². The van der Waals surface area contributed by atoms with E-state index in [9.17, 15) is 18.0 Å². The molecule has 0 unspecified atom stereocenters. The normalized spacial score (nSPS) is 11.8. The Bertz CT molecular complexity index is 1600. The van der Waals surface area contributed by atoms with Crippen molar-refractivity contribution in [2.75, 3.05) is 5.32 Å². The molecule has 0 radical (unpaired) electrons. The number of carbonyl (C=O) groups is 1. The zero-order valence-electron chi connectivity index (χ0n) is 20.3. The molecule has 0 fully saturated rings. The SMILES string of the molecule is CCc1ccc(-c2cc(C(F)(F)F)n3nc(C(=O)Nc4c(C)nn(Cc5ccccc5)c4C)cc3n2)s1. The molecule has 0 spiro atoms. The zero-order valence-corrected chi connectivity index (χ0v) is 21.1. The van der Waals surface area contributed by atoms with Crippen molar-refractivity contribution in [1.82, 2.24) is 24.4 Å². The Balaban J connectivity index is 1.48. The van der Waals surface area contributed by atoms with Crippen LogP contribution in [0.15, 0.2) is 54.6 Å². The number of rotatable bonds is 6. The number of nitrogens with one attached hydrogen (secondary N) is 1. The molecule has 0 aliphatic carbocycles. The average molecular weight is 525 g/mol. The van der Waals surface area contributed by atoms with Gasteiger partial charge < -0.3 is 5.32 Å². The second-order valence-corrected chi connectivity index (χ2v) is 9.75. The van der Waals surface area contributed by atoms with Crippen molar-refractivity contribution in [1.29, 1.82) is 0 Å². The van der Waals surface area contributed by atoms with Crippen molar-refractivity contribution in [2.45, 2.75) is 39.9 Å². The van der Waals surface area contributed by atoms with E-state index in [4.69, 9.17) is 0 Å². The Hall–Kier alpha value is -3.99. The van der Waals surface area contributed by atoms with Gasteiger partial charge in [0.1, 0.15) is 0 Å². The Kier molecular flexibility index (Phi) is 6.32. The Morgan fingerprint density at radius 2 is 1.81 bits per heavy atom. The fourth-order valence-corrected chi connectivity index (χ4v) is 4.99. The molecule has 0 atom stereocenters. The first-order valence-corrected chi connectivity index (χ1v) is 12.4. The summed E-state index contributed by atoms with van der Waals surface area (Å²) in [6.07, 6.45) is -3.91. The molecule has 0 bridgehead atoms. The molecule has 5 rings (SSSR count). The lowest BCUT2D eigenvalue weighted by molar-refractivity contribution is -0.142. The fraction of sp³-hybridized carbons (Fsp3) is 0.231. The molecule has 4 aromatic heterocycles. The van der Waals surface area contributed by atoms with Gasteiger partial charge in [-0.3, -0.25) is 9.48 Å². The van der Waals surface area contributed by atoms with E-state index in [0.717, 1.165) is 28.6 Å². The van der Waals surface area contributed by atoms with E-state index < -0.39 is 17.8 Å². The Morgan fingerprint density at radius 1 is 1.05 bits per heavy atom. The monoisotopic (exact) mass is 524 g/mol. The predicted molar refractivity (Wildman–Crippen MR) is 136 cm³/mol. The van der Waals surface area contributed by atoms with Gasteiger partial charge in [-0.1, -0.05) is 37.3 Å².